The number of hydrogen-bond acceptors (Lipinski definition) is 4. The van der Waals surface area contributed by atoms with Crippen molar-refractivity contribution in [3.8, 4) is 0 Å². The second-order valence-corrected chi connectivity index (χ2v) is 7.37. The monoisotopic (exact) mass is 390 g/mol. The van der Waals surface area contributed by atoms with Gasteiger partial charge in [-0.2, -0.15) is 0 Å². The molecule has 2 heterocycles. The normalized spacial score (nSPS) is 25.2. The zero-order valence-electron chi connectivity index (χ0n) is 14.8. The molecule has 26 heavy (non-hydrogen) atoms. The molecule has 0 amide bonds. The van der Waals surface area contributed by atoms with E-state index in [2.05, 4.69) is 10.3 Å². The summed E-state index contributed by atoms with van der Waals surface area (Å²) in [7, 11) is 1.40. The van der Waals surface area contributed by atoms with Crippen molar-refractivity contribution < 1.29 is 9.53 Å². The molecule has 1 aromatic carbocycles. The Bertz CT molecular complexity index is 854. The molecule has 1 aromatic heterocycles. The van der Waals surface area contributed by atoms with Crippen LogP contribution in [0.2, 0.25) is 10.0 Å². The average molecular weight is 391 g/mol. The first-order valence-electron chi connectivity index (χ1n) is 8.27. The van der Waals surface area contributed by atoms with E-state index < -0.39 is 11.5 Å². The van der Waals surface area contributed by atoms with E-state index in [-0.39, 0.29) is 11.9 Å². The molecular formula is C20H20Cl2N2O2. The van der Waals surface area contributed by atoms with Crippen LogP contribution < -0.4 is 5.32 Å². The fraction of sp³-hybridized carbons (Fsp3) is 0.300. The number of pyridine rings is 1. The van der Waals surface area contributed by atoms with Crippen molar-refractivity contribution in [3.05, 3.63) is 75.7 Å². The molecule has 0 saturated heterocycles. The Hall–Kier alpha value is -2.04. The van der Waals surface area contributed by atoms with E-state index >= 15 is 0 Å². The Morgan fingerprint density at radius 1 is 1.27 bits per heavy atom. The van der Waals surface area contributed by atoms with E-state index in [0.29, 0.717) is 10.0 Å². The third-order valence-corrected chi connectivity index (χ3v) is 5.76. The van der Waals surface area contributed by atoms with Gasteiger partial charge in [-0.3, -0.25) is 9.78 Å². The SMILES string of the molecule is COC(=O)C1C(c2cccc(Cl)c2Cl)C=C(C)NC1(C)c1cccnc1. The number of rotatable bonds is 3. The molecule has 1 aliphatic rings. The molecule has 136 valence electrons. The number of hydrogen-bond donors (Lipinski definition) is 1. The molecule has 2 aromatic rings. The Labute approximate surface area is 163 Å². The van der Waals surface area contributed by atoms with Gasteiger partial charge in [-0.25, -0.2) is 0 Å². The highest BCUT2D eigenvalue weighted by atomic mass is 35.5. The maximum atomic E-state index is 12.9. The second kappa shape index (κ2) is 7.29. The van der Waals surface area contributed by atoms with Crippen LogP contribution in [0.15, 0.2) is 54.5 Å². The van der Waals surface area contributed by atoms with Crippen molar-refractivity contribution in [2.45, 2.75) is 25.3 Å². The van der Waals surface area contributed by atoms with Crippen LogP contribution in [0.25, 0.3) is 0 Å². The maximum Gasteiger partial charge on any atom is 0.312 e. The predicted octanol–water partition coefficient (Wildman–Crippen LogP) is 4.68. The number of halogens is 2. The largest absolute Gasteiger partial charge is 0.469 e. The van der Waals surface area contributed by atoms with E-state index in [1.165, 1.54) is 7.11 Å². The minimum absolute atomic E-state index is 0.292. The molecule has 6 heteroatoms. The van der Waals surface area contributed by atoms with Gasteiger partial charge in [-0.15, -0.1) is 0 Å². The van der Waals surface area contributed by atoms with Gasteiger partial charge in [0.05, 0.1) is 28.6 Å². The van der Waals surface area contributed by atoms with Crippen molar-refractivity contribution in [2.24, 2.45) is 5.92 Å². The fourth-order valence-electron chi connectivity index (χ4n) is 3.73. The molecule has 3 unspecified atom stereocenters. The molecule has 0 radical (unpaired) electrons. The van der Waals surface area contributed by atoms with Gasteiger partial charge in [0.25, 0.3) is 0 Å². The van der Waals surface area contributed by atoms with Gasteiger partial charge in [0.1, 0.15) is 0 Å². The predicted molar refractivity (Wildman–Crippen MR) is 103 cm³/mol. The number of benzene rings is 1. The fourth-order valence-corrected chi connectivity index (χ4v) is 4.17. The minimum atomic E-state index is -0.712. The average Bonchev–Trinajstić information content (AvgIpc) is 2.63. The topological polar surface area (TPSA) is 51.2 Å². The molecule has 4 nitrogen and oxygen atoms in total. The van der Waals surface area contributed by atoms with Crippen LogP contribution in [-0.2, 0) is 15.1 Å². The Morgan fingerprint density at radius 2 is 2.04 bits per heavy atom. The number of nitrogens with one attached hydrogen (secondary N) is 1. The van der Waals surface area contributed by atoms with Crippen LogP contribution in [0.1, 0.15) is 30.9 Å². The van der Waals surface area contributed by atoms with Crippen LogP contribution in [-0.4, -0.2) is 18.1 Å². The number of nitrogens with zero attached hydrogens (tertiary/aromatic N) is 1. The third kappa shape index (κ3) is 3.19. The second-order valence-electron chi connectivity index (χ2n) is 6.59. The molecule has 0 aliphatic carbocycles. The number of allylic oxidation sites excluding steroid dienone is 2. The molecule has 1 aliphatic heterocycles. The van der Waals surface area contributed by atoms with Gasteiger partial charge in [-0.1, -0.05) is 47.5 Å². The number of esters is 1. The summed E-state index contributed by atoms with van der Waals surface area (Å²) in [5.41, 5.74) is 1.92. The Kier molecular flexibility index (Phi) is 5.26. The number of carbonyl (C=O) groups is 1. The summed E-state index contributed by atoms with van der Waals surface area (Å²) in [4.78, 5) is 17.1. The molecule has 1 N–H and O–H groups in total. The van der Waals surface area contributed by atoms with Crippen LogP contribution in [0, 0.1) is 5.92 Å². The number of methoxy groups -OCH3 is 1. The smallest absolute Gasteiger partial charge is 0.312 e. The summed E-state index contributed by atoms with van der Waals surface area (Å²) in [6, 6.07) is 9.27. The van der Waals surface area contributed by atoms with E-state index in [1.54, 1.807) is 18.5 Å². The van der Waals surface area contributed by atoms with Crippen molar-refractivity contribution in [1.29, 1.82) is 0 Å². The van der Waals surface area contributed by atoms with Gasteiger partial charge >= 0.3 is 5.97 Å². The summed E-state index contributed by atoms with van der Waals surface area (Å²) in [6.45, 7) is 3.95. The van der Waals surface area contributed by atoms with E-state index in [9.17, 15) is 4.79 Å². The van der Waals surface area contributed by atoms with Gasteiger partial charge in [-0.05, 0) is 37.1 Å². The summed E-state index contributed by atoms with van der Waals surface area (Å²) >= 11 is 12.7. The Morgan fingerprint density at radius 3 is 2.69 bits per heavy atom. The molecule has 3 atom stereocenters. The molecule has 3 rings (SSSR count). The van der Waals surface area contributed by atoms with Gasteiger partial charge < -0.3 is 10.1 Å². The lowest BCUT2D eigenvalue weighted by atomic mass is 9.68. The van der Waals surface area contributed by atoms with E-state index in [4.69, 9.17) is 27.9 Å². The first-order valence-corrected chi connectivity index (χ1v) is 9.03. The quantitative estimate of drug-likeness (QED) is 0.772. The van der Waals surface area contributed by atoms with Crippen LogP contribution >= 0.6 is 23.2 Å². The van der Waals surface area contributed by atoms with Crippen LogP contribution in [0.5, 0.6) is 0 Å². The summed E-state index contributed by atoms with van der Waals surface area (Å²) < 4.78 is 5.16. The highest BCUT2D eigenvalue weighted by Gasteiger charge is 2.49. The lowest BCUT2D eigenvalue weighted by Crippen LogP contribution is -2.53. The highest BCUT2D eigenvalue weighted by Crippen LogP contribution is 2.46. The van der Waals surface area contributed by atoms with Crippen LogP contribution in [0.4, 0.5) is 0 Å². The van der Waals surface area contributed by atoms with Crippen molar-refractivity contribution in [2.75, 3.05) is 7.11 Å². The number of aromatic nitrogens is 1. The van der Waals surface area contributed by atoms with Gasteiger partial charge in [0.2, 0.25) is 0 Å². The zero-order valence-corrected chi connectivity index (χ0v) is 16.3. The van der Waals surface area contributed by atoms with Crippen molar-refractivity contribution >= 4 is 29.2 Å². The van der Waals surface area contributed by atoms with Gasteiger partial charge in [0.15, 0.2) is 0 Å². The molecule has 0 bridgehead atoms. The maximum absolute atomic E-state index is 12.9. The molecular weight excluding hydrogens is 371 g/mol. The third-order valence-electron chi connectivity index (χ3n) is 4.92. The summed E-state index contributed by atoms with van der Waals surface area (Å²) in [5.74, 6) is -1.16. The van der Waals surface area contributed by atoms with Crippen molar-refractivity contribution in [3.63, 3.8) is 0 Å². The summed E-state index contributed by atoms with van der Waals surface area (Å²) in [6.07, 6.45) is 5.46. The summed E-state index contributed by atoms with van der Waals surface area (Å²) in [5, 5.41) is 4.36. The lowest BCUT2D eigenvalue weighted by Gasteiger charge is -2.45. The Balaban J connectivity index is 2.21. The van der Waals surface area contributed by atoms with E-state index in [1.807, 2.05) is 44.2 Å². The number of ether oxygens (including phenoxy) is 1. The number of carbonyl (C=O) groups excluding carboxylic acids is 1. The van der Waals surface area contributed by atoms with Crippen molar-refractivity contribution in [1.82, 2.24) is 10.3 Å². The zero-order chi connectivity index (χ0) is 18.9. The van der Waals surface area contributed by atoms with E-state index in [0.717, 1.165) is 16.8 Å². The van der Waals surface area contributed by atoms with Gasteiger partial charge in [0, 0.05) is 24.0 Å². The highest BCUT2D eigenvalue weighted by molar-refractivity contribution is 6.42. The first-order chi connectivity index (χ1) is 12.4. The molecule has 0 saturated carbocycles. The molecule has 0 fully saturated rings. The van der Waals surface area contributed by atoms with Crippen LogP contribution in [0.3, 0.4) is 0 Å². The lowest BCUT2D eigenvalue weighted by molar-refractivity contribution is -0.149. The first kappa shape index (κ1) is 18.7. The standard InChI is InChI=1S/C20H20Cl2N2O2/c1-12-10-15(14-7-4-8-16(21)18(14)22)17(19(25)26-3)20(2,24-12)13-6-5-9-23-11-13/h4-11,15,17,24H,1-3H3. The minimum Gasteiger partial charge on any atom is -0.469 e. The molecule has 0 spiro atoms.